The van der Waals surface area contributed by atoms with E-state index < -0.39 is 6.04 Å². The Kier molecular flexibility index (Phi) is 4.74. The van der Waals surface area contributed by atoms with Crippen molar-refractivity contribution in [1.29, 1.82) is 0 Å². The molecular weight excluding hydrogens is 206 g/mol. The lowest BCUT2D eigenvalue weighted by Crippen LogP contribution is -2.44. The second-order valence-corrected chi connectivity index (χ2v) is 5.46. The number of esters is 1. The van der Waals surface area contributed by atoms with Crippen LogP contribution in [-0.4, -0.2) is 31.3 Å². The van der Waals surface area contributed by atoms with Gasteiger partial charge in [-0.2, -0.15) is 0 Å². The highest BCUT2D eigenvalue weighted by Crippen LogP contribution is 2.19. The standard InChI is InChI=1S/C12H23NO3/c1-12(2,3)10(13)11(14)16-8-9-6-4-5-7-15-9/h9-10H,4-8,13H2,1-3H3/t9?,10-/m0/s1. The fourth-order valence-corrected chi connectivity index (χ4v) is 1.56. The molecule has 1 heterocycles. The molecule has 1 fully saturated rings. The van der Waals surface area contributed by atoms with Crippen molar-refractivity contribution >= 4 is 5.97 Å². The van der Waals surface area contributed by atoms with E-state index in [0.717, 1.165) is 25.9 Å². The summed E-state index contributed by atoms with van der Waals surface area (Å²) in [5.41, 5.74) is 5.54. The molecule has 94 valence electrons. The maximum atomic E-state index is 11.6. The summed E-state index contributed by atoms with van der Waals surface area (Å²) in [5.74, 6) is -0.332. The van der Waals surface area contributed by atoms with E-state index in [1.165, 1.54) is 0 Å². The van der Waals surface area contributed by atoms with E-state index in [1.807, 2.05) is 20.8 Å². The van der Waals surface area contributed by atoms with Crippen molar-refractivity contribution in [3.63, 3.8) is 0 Å². The molecule has 1 rings (SSSR count). The first-order chi connectivity index (χ1) is 7.41. The third-order valence-corrected chi connectivity index (χ3v) is 2.87. The van der Waals surface area contributed by atoms with Crippen LogP contribution >= 0.6 is 0 Å². The van der Waals surface area contributed by atoms with E-state index in [4.69, 9.17) is 15.2 Å². The second kappa shape index (κ2) is 5.64. The highest BCUT2D eigenvalue weighted by molar-refractivity contribution is 5.76. The molecule has 0 aromatic heterocycles. The molecule has 0 aliphatic carbocycles. The summed E-state index contributed by atoms with van der Waals surface area (Å²) in [4.78, 5) is 11.6. The molecule has 1 aliphatic heterocycles. The third-order valence-electron chi connectivity index (χ3n) is 2.87. The van der Waals surface area contributed by atoms with Gasteiger partial charge in [0.05, 0.1) is 6.10 Å². The molecule has 0 bridgehead atoms. The molecule has 2 atom stereocenters. The Labute approximate surface area is 97.5 Å². The molecule has 0 spiro atoms. The predicted molar refractivity (Wildman–Crippen MR) is 62.0 cm³/mol. The van der Waals surface area contributed by atoms with E-state index in [2.05, 4.69) is 0 Å². The number of carbonyl (C=O) groups is 1. The van der Waals surface area contributed by atoms with Crippen LogP contribution in [-0.2, 0) is 14.3 Å². The molecule has 1 saturated heterocycles. The third kappa shape index (κ3) is 4.10. The average molecular weight is 229 g/mol. The van der Waals surface area contributed by atoms with Crippen LogP contribution in [0.4, 0.5) is 0 Å². The average Bonchev–Trinajstić information content (AvgIpc) is 2.25. The van der Waals surface area contributed by atoms with Crippen molar-refractivity contribution in [2.24, 2.45) is 11.1 Å². The van der Waals surface area contributed by atoms with Crippen molar-refractivity contribution in [2.75, 3.05) is 13.2 Å². The van der Waals surface area contributed by atoms with Gasteiger partial charge in [0.15, 0.2) is 0 Å². The molecular formula is C12H23NO3. The van der Waals surface area contributed by atoms with Crippen molar-refractivity contribution in [3.8, 4) is 0 Å². The molecule has 4 heteroatoms. The van der Waals surface area contributed by atoms with Gasteiger partial charge in [-0.3, -0.25) is 4.79 Å². The summed E-state index contributed by atoms with van der Waals surface area (Å²) in [6.45, 7) is 6.89. The van der Waals surface area contributed by atoms with Gasteiger partial charge in [0, 0.05) is 6.61 Å². The number of carbonyl (C=O) groups excluding carboxylic acids is 1. The summed E-state index contributed by atoms with van der Waals surface area (Å²) in [7, 11) is 0. The molecule has 0 radical (unpaired) electrons. The monoisotopic (exact) mass is 229 g/mol. The Morgan fingerprint density at radius 2 is 2.19 bits per heavy atom. The number of hydrogen-bond donors (Lipinski definition) is 1. The van der Waals surface area contributed by atoms with E-state index in [0.29, 0.717) is 6.61 Å². The normalized spacial score (nSPS) is 23.9. The fraction of sp³-hybridized carbons (Fsp3) is 0.917. The quantitative estimate of drug-likeness (QED) is 0.744. The van der Waals surface area contributed by atoms with Crippen molar-refractivity contribution < 1.29 is 14.3 Å². The van der Waals surface area contributed by atoms with E-state index in [-0.39, 0.29) is 17.5 Å². The van der Waals surface area contributed by atoms with Gasteiger partial charge in [-0.15, -0.1) is 0 Å². The number of nitrogens with two attached hydrogens (primary N) is 1. The van der Waals surface area contributed by atoms with E-state index in [1.54, 1.807) is 0 Å². The minimum atomic E-state index is -0.573. The van der Waals surface area contributed by atoms with Gasteiger partial charge in [-0.1, -0.05) is 20.8 Å². The zero-order chi connectivity index (χ0) is 12.2. The Bertz CT molecular complexity index is 229. The van der Waals surface area contributed by atoms with Crippen LogP contribution in [0.15, 0.2) is 0 Å². The van der Waals surface area contributed by atoms with Crippen LogP contribution in [0.3, 0.4) is 0 Å². The summed E-state index contributed by atoms with van der Waals surface area (Å²) >= 11 is 0. The minimum Gasteiger partial charge on any atom is -0.462 e. The van der Waals surface area contributed by atoms with Gasteiger partial charge in [0.1, 0.15) is 12.6 Å². The summed E-state index contributed by atoms with van der Waals surface area (Å²) in [6, 6.07) is -0.573. The Hall–Kier alpha value is -0.610. The maximum absolute atomic E-state index is 11.6. The van der Waals surface area contributed by atoms with Gasteiger partial charge in [-0.05, 0) is 24.7 Å². The number of ether oxygens (including phenoxy) is 2. The van der Waals surface area contributed by atoms with Gasteiger partial charge in [-0.25, -0.2) is 0 Å². The van der Waals surface area contributed by atoms with Crippen LogP contribution in [0.5, 0.6) is 0 Å². The van der Waals surface area contributed by atoms with Crippen molar-refractivity contribution in [1.82, 2.24) is 0 Å². The predicted octanol–water partition coefficient (Wildman–Crippen LogP) is 1.47. The zero-order valence-electron chi connectivity index (χ0n) is 10.5. The lowest BCUT2D eigenvalue weighted by atomic mass is 9.87. The number of rotatable bonds is 3. The maximum Gasteiger partial charge on any atom is 0.323 e. The minimum absolute atomic E-state index is 0.0601. The molecule has 2 N–H and O–H groups in total. The van der Waals surface area contributed by atoms with Crippen LogP contribution in [0.2, 0.25) is 0 Å². The SMILES string of the molecule is CC(C)(C)[C@@H](N)C(=O)OCC1CCCCO1. The molecule has 16 heavy (non-hydrogen) atoms. The Balaban J connectivity index is 2.29. The van der Waals surface area contributed by atoms with E-state index in [9.17, 15) is 4.79 Å². The lowest BCUT2D eigenvalue weighted by Gasteiger charge is -2.27. The summed E-state index contributed by atoms with van der Waals surface area (Å²) in [6.07, 6.45) is 3.28. The first-order valence-electron chi connectivity index (χ1n) is 5.95. The molecule has 1 unspecified atom stereocenters. The molecule has 1 aliphatic rings. The first kappa shape index (κ1) is 13.5. The lowest BCUT2D eigenvalue weighted by molar-refractivity contribution is -0.153. The summed E-state index contributed by atoms with van der Waals surface area (Å²) in [5, 5.41) is 0. The van der Waals surface area contributed by atoms with Crippen LogP contribution in [0.25, 0.3) is 0 Å². The highest BCUT2D eigenvalue weighted by Gasteiger charge is 2.29. The largest absolute Gasteiger partial charge is 0.462 e. The smallest absolute Gasteiger partial charge is 0.323 e. The Morgan fingerprint density at radius 1 is 1.50 bits per heavy atom. The second-order valence-electron chi connectivity index (χ2n) is 5.46. The molecule has 0 aromatic rings. The molecule has 0 saturated carbocycles. The zero-order valence-corrected chi connectivity index (χ0v) is 10.5. The Morgan fingerprint density at radius 3 is 2.69 bits per heavy atom. The van der Waals surface area contributed by atoms with Crippen molar-refractivity contribution in [3.05, 3.63) is 0 Å². The molecule has 4 nitrogen and oxygen atoms in total. The topological polar surface area (TPSA) is 61.6 Å². The molecule has 0 amide bonds. The van der Waals surface area contributed by atoms with Gasteiger partial charge in [0.25, 0.3) is 0 Å². The molecule has 0 aromatic carbocycles. The highest BCUT2D eigenvalue weighted by atomic mass is 16.6. The van der Waals surface area contributed by atoms with E-state index >= 15 is 0 Å². The van der Waals surface area contributed by atoms with Gasteiger partial charge >= 0.3 is 5.97 Å². The first-order valence-corrected chi connectivity index (χ1v) is 5.95. The van der Waals surface area contributed by atoms with Gasteiger partial charge < -0.3 is 15.2 Å². The fourth-order valence-electron chi connectivity index (χ4n) is 1.56. The van der Waals surface area contributed by atoms with Crippen LogP contribution in [0.1, 0.15) is 40.0 Å². The van der Waals surface area contributed by atoms with Crippen LogP contribution in [0, 0.1) is 5.41 Å². The summed E-state index contributed by atoms with van der Waals surface area (Å²) < 4.78 is 10.7. The van der Waals surface area contributed by atoms with Gasteiger partial charge in [0.2, 0.25) is 0 Å². The van der Waals surface area contributed by atoms with Crippen LogP contribution < -0.4 is 5.73 Å². The number of hydrogen-bond acceptors (Lipinski definition) is 4. The van der Waals surface area contributed by atoms with Crippen molar-refractivity contribution in [2.45, 2.75) is 52.2 Å².